The van der Waals surface area contributed by atoms with Crippen molar-refractivity contribution in [2.24, 2.45) is 5.41 Å². The number of carbonyl (C=O) groups excluding carboxylic acids is 2. The number of hydroxylamine groups is 1. The number of hydrogen-bond donors (Lipinski definition) is 2. The van der Waals surface area contributed by atoms with Gasteiger partial charge >= 0.3 is 0 Å². The van der Waals surface area contributed by atoms with Crippen molar-refractivity contribution in [3.05, 3.63) is 45.5 Å². The van der Waals surface area contributed by atoms with E-state index in [1.165, 1.54) is 24.1 Å². The highest BCUT2D eigenvalue weighted by Crippen LogP contribution is 2.51. The van der Waals surface area contributed by atoms with Crippen molar-refractivity contribution in [2.75, 3.05) is 18.2 Å². The topological polar surface area (TPSA) is 122 Å². The van der Waals surface area contributed by atoms with Crippen molar-refractivity contribution in [2.45, 2.75) is 58.6 Å². The van der Waals surface area contributed by atoms with Crippen LogP contribution in [-0.2, 0) is 9.63 Å². The highest BCUT2D eigenvalue weighted by Gasteiger charge is 2.49. The van der Waals surface area contributed by atoms with Gasteiger partial charge in [-0.3, -0.25) is 24.5 Å². The number of amides is 1. The van der Waals surface area contributed by atoms with Gasteiger partial charge in [0.05, 0.1) is 11.5 Å². The molecule has 1 aromatic rings. The number of hydrogen-bond acceptors (Lipinski definition) is 7. The van der Waals surface area contributed by atoms with E-state index in [2.05, 4.69) is 19.2 Å². The fourth-order valence-corrected chi connectivity index (χ4v) is 4.60. The number of ketones is 1. The number of nitrogens with zero attached hydrogens (tertiary/aromatic N) is 2. The van der Waals surface area contributed by atoms with Gasteiger partial charge < -0.3 is 10.4 Å². The summed E-state index contributed by atoms with van der Waals surface area (Å²) in [5.74, 6) is -0.732. The zero-order valence-corrected chi connectivity index (χ0v) is 18.3. The summed E-state index contributed by atoms with van der Waals surface area (Å²) in [6.07, 6.45) is 4.53. The summed E-state index contributed by atoms with van der Waals surface area (Å²) in [5.41, 5.74) is 0.0701. The molecule has 2 aliphatic rings. The number of nitro groups is 1. The molecule has 0 radical (unpaired) electrons. The van der Waals surface area contributed by atoms with E-state index < -0.39 is 22.5 Å². The summed E-state index contributed by atoms with van der Waals surface area (Å²) in [6.45, 7) is 7.42. The minimum Gasteiger partial charge on any atom is -0.395 e. The van der Waals surface area contributed by atoms with Crippen LogP contribution in [0.25, 0.3) is 0 Å². The van der Waals surface area contributed by atoms with Crippen molar-refractivity contribution in [1.82, 2.24) is 5.32 Å². The maximum Gasteiger partial charge on any atom is 0.295 e. The Morgan fingerprint density at radius 1 is 1.32 bits per heavy atom. The van der Waals surface area contributed by atoms with Crippen LogP contribution in [-0.4, -0.2) is 46.5 Å². The Bertz CT molecular complexity index is 941. The van der Waals surface area contributed by atoms with E-state index in [-0.39, 0.29) is 41.3 Å². The highest BCUT2D eigenvalue weighted by atomic mass is 16.7. The molecule has 1 heterocycles. The van der Waals surface area contributed by atoms with Crippen LogP contribution in [0.2, 0.25) is 0 Å². The first kappa shape index (κ1) is 22.9. The van der Waals surface area contributed by atoms with Crippen LogP contribution in [0, 0.1) is 15.5 Å². The van der Waals surface area contributed by atoms with Crippen molar-refractivity contribution in [3.63, 3.8) is 0 Å². The SMILES string of the molecule is CC(=O)C1C=C2C(C)(C)CCCC2(C)ON1c1ccc(C(=O)NCCO)cc1[N+](=O)[O-]. The van der Waals surface area contributed by atoms with Crippen LogP contribution >= 0.6 is 0 Å². The average molecular weight is 431 g/mol. The first-order valence-corrected chi connectivity index (χ1v) is 10.4. The van der Waals surface area contributed by atoms with Crippen molar-refractivity contribution in [1.29, 1.82) is 0 Å². The van der Waals surface area contributed by atoms with Crippen molar-refractivity contribution in [3.8, 4) is 0 Å². The molecular formula is C22H29N3O6. The molecule has 2 N–H and O–H groups in total. The number of nitrogens with one attached hydrogen (secondary N) is 1. The van der Waals surface area contributed by atoms with E-state index in [0.29, 0.717) is 0 Å². The predicted molar refractivity (Wildman–Crippen MR) is 115 cm³/mol. The normalized spacial score (nSPS) is 24.7. The molecule has 0 aromatic heterocycles. The minimum atomic E-state index is -0.812. The third-order valence-electron chi connectivity index (χ3n) is 6.12. The molecule has 31 heavy (non-hydrogen) atoms. The van der Waals surface area contributed by atoms with Gasteiger partial charge in [0.15, 0.2) is 5.78 Å². The van der Waals surface area contributed by atoms with Gasteiger partial charge in [-0.1, -0.05) is 13.8 Å². The molecule has 1 fully saturated rings. The summed E-state index contributed by atoms with van der Waals surface area (Å²) in [4.78, 5) is 42.3. The maximum atomic E-state index is 12.5. The molecule has 1 aromatic carbocycles. The maximum absolute atomic E-state index is 12.5. The number of aliphatic hydroxyl groups is 1. The molecule has 0 spiro atoms. The molecule has 0 bridgehead atoms. The van der Waals surface area contributed by atoms with E-state index in [0.717, 1.165) is 30.9 Å². The fourth-order valence-electron chi connectivity index (χ4n) is 4.60. The Morgan fingerprint density at radius 3 is 2.65 bits per heavy atom. The van der Waals surface area contributed by atoms with Crippen molar-refractivity contribution < 1.29 is 24.5 Å². The lowest BCUT2D eigenvalue weighted by atomic mass is 9.65. The van der Waals surface area contributed by atoms with Gasteiger partial charge in [0.1, 0.15) is 17.3 Å². The number of Topliss-reactive ketones (excluding diaryl/α,β-unsaturated/α-hetero) is 1. The molecule has 9 heteroatoms. The first-order valence-electron chi connectivity index (χ1n) is 10.4. The number of nitro benzene ring substituents is 1. The van der Waals surface area contributed by atoms with Gasteiger partial charge in [-0.2, -0.15) is 0 Å². The Hall–Kier alpha value is -2.78. The lowest BCUT2D eigenvalue weighted by Crippen LogP contribution is -2.55. The van der Waals surface area contributed by atoms with E-state index in [9.17, 15) is 19.7 Å². The molecule has 2 atom stereocenters. The van der Waals surface area contributed by atoms with Gasteiger partial charge in [0.2, 0.25) is 0 Å². The predicted octanol–water partition coefficient (Wildman–Crippen LogP) is 2.92. The van der Waals surface area contributed by atoms with Crippen molar-refractivity contribution >= 4 is 23.1 Å². The van der Waals surface area contributed by atoms with Crippen LogP contribution < -0.4 is 10.4 Å². The summed E-state index contributed by atoms with van der Waals surface area (Å²) in [7, 11) is 0. The monoisotopic (exact) mass is 431 g/mol. The summed E-state index contributed by atoms with van der Waals surface area (Å²) in [6, 6.07) is 3.22. The summed E-state index contributed by atoms with van der Waals surface area (Å²) < 4.78 is 0. The van der Waals surface area contributed by atoms with Crippen LogP contribution in [0.4, 0.5) is 11.4 Å². The average Bonchev–Trinajstić information content (AvgIpc) is 2.70. The van der Waals surface area contributed by atoms with Gasteiger partial charge in [0.25, 0.3) is 11.6 Å². The Labute approximate surface area is 181 Å². The highest BCUT2D eigenvalue weighted by molar-refractivity contribution is 5.96. The molecular weight excluding hydrogens is 402 g/mol. The van der Waals surface area contributed by atoms with Crippen LogP contribution in [0.5, 0.6) is 0 Å². The van der Waals surface area contributed by atoms with Gasteiger partial charge in [-0.15, -0.1) is 0 Å². The zero-order valence-electron chi connectivity index (χ0n) is 18.3. The smallest absolute Gasteiger partial charge is 0.295 e. The lowest BCUT2D eigenvalue weighted by Gasteiger charge is -2.51. The molecule has 9 nitrogen and oxygen atoms in total. The molecule has 1 aliphatic carbocycles. The number of benzene rings is 1. The second kappa shape index (κ2) is 8.39. The molecule has 3 rings (SSSR count). The standard InChI is InChI=1S/C22H29N3O6/c1-14(27)17-13-19-21(2,3)8-5-9-22(19,4)31-24(17)16-7-6-15(12-18(16)25(29)30)20(28)23-10-11-26/h6-7,12-13,17,26H,5,8-11H2,1-4H3,(H,23,28). The first-order chi connectivity index (χ1) is 14.5. The van der Waals surface area contributed by atoms with Crippen LogP contribution in [0.3, 0.4) is 0 Å². The minimum absolute atomic E-state index is 0.0394. The summed E-state index contributed by atoms with van der Waals surface area (Å²) in [5, 5.41) is 24.5. The van der Waals surface area contributed by atoms with Crippen LogP contribution in [0.15, 0.2) is 29.8 Å². The molecule has 1 saturated carbocycles. The second-order valence-corrected chi connectivity index (χ2v) is 8.96. The summed E-state index contributed by atoms with van der Waals surface area (Å²) >= 11 is 0. The van der Waals surface area contributed by atoms with Gasteiger partial charge in [-0.05, 0) is 62.3 Å². The Kier molecular flexibility index (Phi) is 6.20. The van der Waals surface area contributed by atoms with Gasteiger partial charge in [-0.25, -0.2) is 5.06 Å². The molecule has 1 amide bonds. The third-order valence-corrected chi connectivity index (χ3v) is 6.12. The fraction of sp³-hybridized carbons (Fsp3) is 0.545. The molecule has 1 aliphatic heterocycles. The molecule has 0 saturated heterocycles. The van der Waals surface area contributed by atoms with E-state index >= 15 is 0 Å². The number of aliphatic hydroxyl groups excluding tert-OH is 1. The lowest BCUT2D eigenvalue weighted by molar-refractivity contribution is -0.384. The molecule has 168 valence electrons. The largest absolute Gasteiger partial charge is 0.395 e. The number of anilines is 1. The Morgan fingerprint density at radius 2 is 2.03 bits per heavy atom. The van der Waals surface area contributed by atoms with Crippen LogP contribution in [0.1, 0.15) is 57.3 Å². The molecule has 2 unspecified atom stereocenters. The zero-order chi connectivity index (χ0) is 23.0. The van der Waals surface area contributed by atoms with E-state index in [1.54, 1.807) is 0 Å². The second-order valence-electron chi connectivity index (χ2n) is 8.96. The van der Waals surface area contributed by atoms with Gasteiger partial charge in [0, 0.05) is 18.2 Å². The third kappa shape index (κ3) is 4.33. The Balaban J connectivity index is 2.08. The number of rotatable bonds is 6. The number of carbonyl (C=O) groups is 2. The number of fused-ring (bicyclic) bond motifs is 1. The quantitative estimate of drug-likeness (QED) is 0.403. The van der Waals surface area contributed by atoms with E-state index in [4.69, 9.17) is 9.94 Å². The van der Waals surface area contributed by atoms with E-state index in [1.807, 2.05) is 13.0 Å².